The van der Waals surface area contributed by atoms with Crippen molar-refractivity contribution in [2.75, 3.05) is 0 Å². The van der Waals surface area contributed by atoms with Crippen LogP contribution in [-0.4, -0.2) is 10.1 Å². The molecule has 0 bridgehead atoms. The maximum atomic E-state index is 6.37. The first-order chi connectivity index (χ1) is 9.26. The molecular weight excluding hydrogens is 274 g/mol. The lowest BCUT2D eigenvalue weighted by Gasteiger charge is -2.17. The molecule has 0 atom stereocenters. The summed E-state index contributed by atoms with van der Waals surface area (Å²) in [7, 11) is 0. The number of nitrogens with two attached hydrogens (primary N) is 1. The maximum absolute atomic E-state index is 6.37. The zero-order valence-corrected chi connectivity index (χ0v) is 13.0. The summed E-state index contributed by atoms with van der Waals surface area (Å²) < 4.78 is 5.44. The summed E-state index contributed by atoms with van der Waals surface area (Å²) in [6.45, 7) is 0. The van der Waals surface area contributed by atoms with Gasteiger partial charge in [0.05, 0.1) is 5.54 Å². The van der Waals surface area contributed by atoms with Crippen LogP contribution < -0.4 is 5.73 Å². The first kappa shape index (κ1) is 15.8. The minimum Gasteiger partial charge on any atom is -0.339 e. The highest BCUT2D eigenvalue weighted by molar-refractivity contribution is 5.85. The van der Waals surface area contributed by atoms with Crippen LogP contribution in [0.15, 0.2) is 4.52 Å². The molecule has 0 radical (unpaired) electrons. The Balaban J connectivity index is 0.00000147. The Labute approximate surface area is 127 Å². The summed E-state index contributed by atoms with van der Waals surface area (Å²) >= 11 is 0. The normalized spacial score (nSPS) is 23.2. The standard InChI is InChI=1S/C15H25N3O.ClH/c16-15(9-5-6-10-15)14-17-13(19-18-14)11-12-7-3-1-2-4-8-12;/h12H,1-11,16H2;1H. The zero-order valence-electron chi connectivity index (χ0n) is 12.1. The molecule has 0 amide bonds. The Bertz CT molecular complexity index is 407. The van der Waals surface area contributed by atoms with E-state index in [0.717, 1.165) is 36.9 Å². The van der Waals surface area contributed by atoms with E-state index in [4.69, 9.17) is 10.3 Å². The molecule has 3 rings (SSSR count). The largest absolute Gasteiger partial charge is 0.339 e. The van der Waals surface area contributed by atoms with Gasteiger partial charge in [-0.3, -0.25) is 0 Å². The minimum atomic E-state index is -0.314. The third-order valence-corrected chi connectivity index (χ3v) is 4.85. The molecule has 5 heteroatoms. The van der Waals surface area contributed by atoms with Gasteiger partial charge in [0.25, 0.3) is 0 Å². The molecule has 1 aromatic heterocycles. The van der Waals surface area contributed by atoms with Gasteiger partial charge in [0.15, 0.2) is 5.82 Å². The zero-order chi connectivity index (χ0) is 13.1. The van der Waals surface area contributed by atoms with Gasteiger partial charge >= 0.3 is 0 Å². The van der Waals surface area contributed by atoms with Gasteiger partial charge in [0.1, 0.15) is 0 Å². The summed E-state index contributed by atoms with van der Waals surface area (Å²) in [6, 6.07) is 0. The molecule has 114 valence electrons. The second kappa shape index (κ2) is 6.90. The molecule has 20 heavy (non-hydrogen) atoms. The van der Waals surface area contributed by atoms with Gasteiger partial charge in [0.2, 0.25) is 5.89 Å². The molecule has 0 spiro atoms. The van der Waals surface area contributed by atoms with E-state index in [0.29, 0.717) is 0 Å². The lowest BCUT2D eigenvalue weighted by Crippen LogP contribution is -2.34. The number of nitrogens with zero attached hydrogens (tertiary/aromatic N) is 2. The number of rotatable bonds is 3. The van der Waals surface area contributed by atoms with Crippen LogP contribution in [0.1, 0.15) is 75.9 Å². The van der Waals surface area contributed by atoms with Crippen molar-refractivity contribution in [3.8, 4) is 0 Å². The molecule has 0 saturated heterocycles. The molecule has 4 nitrogen and oxygen atoms in total. The number of hydrogen-bond donors (Lipinski definition) is 1. The van der Waals surface area contributed by atoms with Crippen LogP contribution in [-0.2, 0) is 12.0 Å². The molecule has 1 aromatic rings. The van der Waals surface area contributed by atoms with Gasteiger partial charge in [-0.25, -0.2) is 0 Å². The lowest BCUT2D eigenvalue weighted by molar-refractivity contribution is 0.325. The Hall–Kier alpha value is -0.610. The Morgan fingerprint density at radius 2 is 1.70 bits per heavy atom. The van der Waals surface area contributed by atoms with Gasteiger partial charge in [-0.2, -0.15) is 4.98 Å². The summed E-state index contributed by atoms with van der Waals surface area (Å²) in [4.78, 5) is 4.59. The molecule has 2 aliphatic carbocycles. The Kier molecular flexibility index (Phi) is 5.44. The quantitative estimate of drug-likeness (QED) is 0.864. The Morgan fingerprint density at radius 3 is 2.35 bits per heavy atom. The first-order valence-corrected chi connectivity index (χ1v) is 7.88. The van der Waals surface area contributed by atoms with Gasteiger partial charge in [-0.15, -0.1) is 12.4 Å². The second-order valence-electron chi connectivity index (χ2n) is 6.44. The smallest absolute Gasteiger partial charge is 0.226 e. The van der Waals surface area contributed by atoms with Crippen LogP contribution in [0.4, 0.5) is 0 Å². The third kappa shape index (κ3) is 3.53. The van der Waals surface area contributed by atoms with E-state index in [1.807, 2.05) is 0 Å². The highest BCUT2D eigenvalue weighted by atomic mass is 35.5. The van der Waals surface area contributed by atoms with E-state index in [1.165, 1.54) is 51.4 Å². The monoisotopic (exact) mass is 299 g/mol. The van der Waals surface area contributed by atoms with Crippen molar-refractivity contribution in [2.45, 2.75) is 76.2 Å². The second-order valence-corrected chi connectivity index (χ2v) is 6.44. The fourth-order valence-corrected chi connectivity index (χ4v) is 3.58. The highest BCUT2D eigenvalue weighted by Crippen LogP contribution is 2.35. The van der Waals surface area contributed by atoms with Crippen molar-refractivity contribution < 1.29 is 4.52 Å². The van der Waals surface area contributed by atoms with E-state index < -0.39 is 0 Å². The molecule has 2 saturated carbocycles. The van der Waals surface area contributed by atoms with Crippen molar-refractivity contribution in [2.24, 2.45) is 11.7 Å². The predicted molar refractivity (Wildman–Crippen MR) is 80.8 cm³/mol. The van der Waals surface area contributed by atoms with Crippen LogP contribution in [0.25, 0.3) is 0 Å². The first-order valence-electron chi connectivity index (χ1n) is 7.88. The van der Waals surface area contributed by atoms with Crippen LogP contribution in [0, 0.1) is 5.92 Å². The summed E-state index contributed by atoms with van der Waals surface area (Å²) in [5, 5.41) is 4.15. The number of halogens is 1. The Morgan fingerprint density at radius 1 is 1.05 bits per heavy atom. The van der Waals surface area contributed by atoms with Gasteiger partial charge in [-0.1, -0.05) is 43.7 Å². The molecule has 2 N–H and O–H groups in total. The summed E-state index contributed by atoms with van der Waals surface area (Å²) in [6.07, 6.45) is 13.4. The molecule has 2 fully saturated rings. The molecular formula is C15H26ClN3O. The third-order valence-electron chi connectivity index (χ3n) is 4.85. The van der Waals surface area contributed by atoms with Crippen LogP contribution in [0.3, 0.4) is 0 Å². The number of hydrogen-bond acceptors (Lipinski definition) is 4. The van der Waals surface area contributed by atoms with Crippen molar-refractivity contribution >= 4 is 12.4 Å². The molecule has 0 aromatic carbocycles. The fourth-order valence-electron chi connectivity index (χ4n) is 3.58. The van der Waals surface area contributed by atoms with Crippen molar-refractivity contribution in [1.29, 1.82) is 0 Å². The summed E-state index contributed by atoms with van der Waals surface area (Å²) in [5.74, 6) is 2.28. The molecule has 1 heterocycles. The fraction of sp³-hybridized carbons (Fsp3) is 0.867. The average Bonchev–Trinajstić information content (AvgIpc) is 2.96. The van der Waals surface area contributed by atoms with E-state index in [-0.39, 0.29) is 17.9 Å². The molecule has 2 aliphatic rings. The van der Waals surface area contributed by atoms with E-state index in [2.05, 4.69) is 10.1 Å². The molecule has 0 aliphatic heterocycles. The van der Waals surface area contributed by atoms with Gasteiger partial charge < -0.3 is 10.3 Å². The molecule has 0 unspecified atom stereocenters. The van der Waals surface area contributed by atoms with Gasteiger partial charge in [0, 0.05) is 6.42 Å². The van der Waals surface area contributed by atoms with Crippen molar-refractivity contribution in [1.82, 2.24) is 10.1 Å². The highest BCUT2D eigenvalue weighted by Gasteiger charge is 2.36. The van der Waals surface area contributed by atoms with Crippen molar-refractivity contribution in [3.05, 3.63) is 11.7 Å². The van der Waals surface area contributed by atoms with Crippen molar-refractivity contribution in [3.63, 3.8) is 0 Å². The van der Waals surface area contributed by atoms with Crippen LogP contribution in [0.5, 0.6) is 0 Å². The maximum Gasteiger partial charge on any atom is 0.226 e. The topological polar surface area (TPSA) is 64.9 Å². The lowest BCUT2D eigenvalue weighted by atomic mass is 9.96. The number of aromatic nitrogens is 2. The predicted octanol–water partition coefficient (Wildman–Crippen LogP) is 3.73. The average molecular weight is 300 g/mol. The van der Waals surface area contributed by atoms with E-state index in [1.54, 1.807) is 0 Å². The van der Waals surface area contributed by atoms with E-state index >= 15 is 0 Å². The van der Waals surface area contributed by atoms with E-state index in [9.17, 15) is 0 Å². The minimum absolute atomic E-state index is 0. The summed E-state index contributed by atoms with van der Waals surface area (Å²) in [5.41, 5.74) is 6.05. The van der Waals surface area contributed by atoms with Gasteiger partial charge in [-0.05, 0) is 31.6 Å². The SMILES string of the molecule is Cl.NC1(c2noc(CC3CCCCCC3)n2)CCCC1. The van der Waals surface area contributed by atoms with Crippen LogP contribution >= 0.6 is 12.4 Å². The van der Waals surface area contributed by atoms with Crippen LogP contribution in [0.2, 0.25) is 0 Å².